The molecule has 1 heteroatoms. The largest absolute Gasteiger partial charge is 0.507 e. The van der Waals surface area contributed by atoms with Crippen molar-refractivity contribution in [2.75, 3.05) is 0 Å². The lowest BCUT2D eigenvalue weighted by Gasteiger charge is -2.08. The number of benzene rings is 1. The highest BCUT2D eigenvalue weighted by Crippen LogP contribution is 2.27. The van der Waals surface area contributed by atoms with Crippen LogP contribution in [0.4, 0.5) is 0 Å². The van der Waals surface area contributed by atoms with E-state index in [-0.39, 0.29) is 0 Å². The van der Waals surface area contributed by atoms with Crippen LogP contribution in [0.3, 0.4) is 0 Å². The summed E-state index contributed by atoms with van der Waals surface area (Å²) in [4.78, 5) is 0. The third kappa shape index (κ3) is 2.50. The van der Waals surface area contributed by atoms with Crippen molar-refractivity contribution in [3.8, 4) is 5.75 Å². The molecule has 0 heterocycles. The number of hydrogen-bond acceptors (Lipinski definition) is 1. The van der Waals surface area contributed by atoms with Crippen LogP contribution in [0.15, 0.2) is 30.4 Å². The molecule has 0 aliphatic carbocycles. The van der Waals surface area contributed by atoms with Gasteiger partial charge in [-0.1, -0.05) is 18.2 Å². The first-order chi connectivity index (χ1) is 7.10. The Morgan fingerprint density at radius 1 is 1.13 bits per heavy atom. The van der Waals surface area contributed by atoms with Gasteiger partial charge in [0.15, 0.2) is 0 Å². The van der Waals surface area contributed by atoms with Gasteiger partial charge in [-0.2, -0.15) is 0 Å². The molecule has 0 spiro atoms. The molecule has 0 fully saturated rings. The fourth-order valence-corrected chi connectivity index (χ4v) is 1.66. The van der Waals surface area contributed by atoms with E-state index in [1.807, 2.05) is 45.9 Å². The molecule has 0 aliphatic rings. The molecular weight excluding hydrogens is 184 g/mol. The zero-order chi connectivity index (χ0) is 11.4. The van der Waals surface area contributed by atoms with E-state index >= 15 is 0 Å². The van der Waals surface area contributed by atoms with Gasteiger partial charge in [-0.05, 0) is 62.1 Å². The summed E-state index contributed by atoms with van der Waals surface area (Å²) < 4.78 is 0. The van der Waals surface area contributed by atoms with Gasteiger partial charge in [0, 0.05) is 0 Å². The number of phenolic OH excluding ortho intramolecular Hbond substituents is 1. The van der Waals surface area contributed by atoms with Crippen molar-refractivity contribution in [1.82, 2.24) is 0 Å². The first-order valence-corrected chi connectivity index (χ1v) is 5.19. The zero-order valence-corrected chi connectivity index (χ0v) is 9.83. The Labute approximate surface area is 91.8 Å². The second-order valence-electron chi connectivity index (χ2n) is 3.70. The van der Waals surface area contributed by atoms with Crippen LogP contribution in [-0.4, -0.2) is 5.11 Å². The maximum Gasteiger partial charge on any atom is 0.121 e. The molecule has 80 valence electrons. The summed E-state index contributed by atoms with van der Waals surface area (Å²) in [5, 5.41) is 9.68. The molecule has 1 aromatic rings. The zero-order valence-electron chi connectivity index (χ0n) is 9.83. The van der Waals surface area contributed by atoms with Gasteiger partial charge in [0.1, 0.15) is 5.75 Å². The monoisotopic (exact) mass is 202 g/mol. The van der Waals surface area contributed by atoms with E-state index in [1.165, 1.54) is 5.57 Å². The molecule has 0 aliphatic heterocycles. The molecule has 0 aromatic heterocycles. The molecule has 0 unspecified atom stereocenters. The minimum atomic E-state index is 0.398. The predicted molar refractivity (Wildman–Crippen MR) is 66.0 cm³/mol. The molecule has 1 N–H and O–H groups in total. The lowest BCUT2D eigenvalue weighted by Crippen LogP contribution is -1.87. The van der Waals surface area contributed by atoms with Gasteiger partial charge in [-0.25, -0.2) is 0 Å². The van der Waals surface area contributed by atoms with Gasteiger partial charge < -0.3 is 5.11 Å². The van der Waals surface area contributed by atoms with Crippen LogP contribution in [-0.2, 0) is 0 Å². The van der Waals surface area contributed by atoms with E-state index in [0.29, 0.717) is 5.75 Å². The predicted octanol–water partition coefficient (Wildman–Crippen LogP) is 3.99. The topological polar surface area (TPSA) is 20.2 Å². The molecular formula is C14H18O. The molecule has 0 atom stereocenters. The van der Waals surface area contributed by atoms with E-state index in [0.717, 1.165) is 16.7 Å². The fraction of sp³-hybridized carbons (Fsp3) is 0.286. The van der Waals surface area contributed by atoms with Crippen LogP contribution in [0.2, 0.25) is 0 Å². The lowest BCUT2D eigenvalue weighted by atomic mass is 9.99. The van der Waals surface area contributed by atoms with Crippen molar-refractivity contribution in [3.05, 3.63) is 47.1 Å². The van der Waals surface area contributed by atoms with Gasteiger partial charge >= 0.3 is 0 Å². The SMILES string of the molecule is C/C=C\C(=C/C)c1cc(C)c(O)c(C)c1. The molecule has 15 heavy (non-hydrogen) atoms. The van der Waals surface area contributed by atoms with E-state index in [2.05, 4.69) is 12.2 Å². The summed E-state index contributed by atoms with van der Waals surface area (Å²) in [6.07, 6.45) is 6.17. The second kappa shape index (κ2) is 4.83. The highest BCUT2D eigenvalue weighted by molar-refractivity contribution is 5.75. The quantitative estimate of drug-likeness (QED) is 0.719. The molecule has 1 rings (SSSR count). The first kappa shape index (κ1) is 11.6. The fourth-order valence-electron chi connectivity index (χ4n) is 1.66. The van der Waals surface area contributed by atoms with Crippen LogP contribution in [0, 0.1) is 13.8 Å². The highest BCUT2D eigenvalue weighted by atomic mass is 16.3. The third-order valence-corrected chi connectivity index (χ3v) is 2.48. The van der Waals surface area contributed by atoms with Crippen molar-refractivity contribution in [2.45, 2.75) is 27.7 Å². The summed E-state index contributed by atoms with van der Waals surface area (Å²) in [5.41, 5.74) is 4.19. The van der Waals surface area contributed by atoms with Gasteiger partial charge in [-0.15, -0.1) is 0 Å². The molecule has 0 amide bonds. The Kier molecular flexibility index (Phi) is 3.73. The normalized spacial score (nSPS) is 12.4. The van der Waals surface area contributed by atoms with E-state index < -0.39 is 0 Å². The molecule has 0 saturated carbocycles. The summed E-state index contributed by atoms with van der Waals surface area (Å²) >= 11 is 0. The van der Waals surface area contributed by atoms with Crippen LogP contribution < -0.4 is 0 Å². The maximum absolute atomic E-state index is 9.68. The summed E-state index contributed by atoms with van der Waals surface area (Å²) in [5.74, 6) is 0.398. The number of allylic oxidation sites excluding steroid dienone is 4. The maximum atomic E-state index is 9.68. The standard InChI is InChI=1S/C14H18O/c1-5-7-12(6-2)13-8-10(3)14(15)11(4)9-13/h5-9,15H,1-4H3/b7-5-,12-6+. The van der Waals surface area contributed by atoms with E-state index in [9.17, 15) is 5.11 Å². The Morgan fingerprint density at radius 2 is 1.67 bits per heavy atom. The van der Waals surface area contributed by atoms with E-state index in [1.54, 1.807) is 0 Å². The van der Waals surface area contributed by atoms with Crippen molar-refractivity contribution in [1.29, 1.82) is 0 Å². The number of hydrogen-bond donors (Lipinski definition) is 1. The van der Waals surface area contributed by atoms with Crippen molar-refractivity contribution < 1.29 is 5.11 Å². The summed E-state index contributed by atoms with van der Waals surface area (Å²) in [6, 6.07) is 4.02. The molecule has 0 radical (unpaired) electrons. The number of aromatic hydroxyl groups is 1. The smallest absolute Gasteiger partial charge is 0.121 e. The number of rotatable bonds is 2. The third-order valence-electron chi connectivity index (χ3n) is 2.48. The van der Waals surface area contributed by atoms with Crippen LogP contribution in [0.5, 0.6) is 5.75 Å². The number of aryl methyl sites for hydroxylation is 2. The average molecular weight is 202 g/mol. The minimum absolute atomic E-state index is 0.398. The Balaban J connectivity index is 3.27. The minimum Gasteiger partial charge on any atom is -0.507 e. The van der Waals surface area contributed by atoms with Gasteiger partial charge in [0.2, 0.25) is 0 Å². The molecule has 0 bridgehead atoms. The van der Waals surface area contributed by atoms with Crippen LogP contribution in [0.25, 0.3) is 5.57 Å². The Hall–Kier alpha value is -1.50. The average Bonchev–Trinajstić information content (AvgIpc) is 2.22. The first-order valence-electron chi connectivity index (χ1n) is 5.19. The summed E-state index contributed by atoms with van der Waals surface area (Å²) in [7, 11) is 0. The molecule has 1 aromatic carbocycles. The van der Waals surface area contributed by atoms with Crippen LogP contribution >= 0.6 is 0 Å². The van der Waals surface area contributed by atoms with Gasteiger partial charge in [0.05, 0.1) is 0 Å². The van der Waals surface area contributed by atoms with Gasteiger partial charge in [0.25, 0.3) is 0 Å². The van der Waals surface area contributed by atoms with Crippen molar-refractivity contribution in [3.63, 3.8) is 0 Å². The van der Waals surface area contributed by atoms with Gasteiger partial charge in [-0.3, -0.25) is 0 Å². The molecule has 1 nitrogen and oxygen atoms in total. The number of phenols is 1. The Bertz CT molecular complexity index is 388. The van der Waals surface area contributed by atoms with Crippen molar-refractivity contribution >= 4 is 5.57 Å². The summed E-state index contributed by atoms with van der Waals surface area (Å²) in [6.45, 7) is 7.88. The highest BCUT2D eigenvalue weighted by Gasteiger charge is 2.04. The van der Waals surface area contributed by atoms with Crippen molar-refractivity contribution in [2.24, 2.45) is 0 Å². The van der Waals surface area contributed by atoms with Crippen LogP contribution in [0.1, 0.15) is 30.5 Å². The van der Waals surface area contributed by atoms with E-state index in [4.69, 9.17) is 0 Å². The lowest BCUT2D eigenvalue weighted by molar-refractivity contribution is 0.467. The molecule has 0 saturated heterocycles. The second-order valence-corrected chi connectivity index (χ2v) is 3.70. The Morgan fingerprint density at radius 3 is 2.07 bits per heavy atom.